The number of rotatable bonds is 8. The highest BCUT2D eigenvalue weighted by atomic mass is 32.2. The smallest absolute Gasteiger partial charge is 0.230 e. The molecule has 0 radical (unpaired) electrons. The molecule has 0 aliphatic rings. The maximum absolute atomic E-state index is 11.6. The van der Waals surface area contributed by atoms with Crippen LogP contribution in [0.3, 0.4) is 0 Å². The lowest BCUT2D eigenvalue weighted by Crippen LogP contribution is -2.25. The first-order valence-electron chi connectivity index (χ1n) is 6.09. The number of pyridine rings is 1. The number of carbonyl (C=O) groups is 1. The van der Waals surface area contributed by atoms with Gasteiger partial charge in [-0.3, -0.25) is 4.79 Å². The average Bonchev–Trinajstić information content (AvgIpc) is 2.42. The second-order valence-corrected chi connectivity index (χ2v) is 5.35. The van der Waals surface area contributed by atoms with E-state index in [9.17, 15) is 4.79 Å². The van der Waals surface area contributed by atoms with Crippen molar-refractivity contribution in [3.63, 3.8) is 0 Å². The summed E-state index contributed by atoms with van der Waals surface area (Å²) < 4.78 is 4.92. The molecule has 0 aliphatic heterocycles. The molecule has 1 amide bonds. The maximum atomic E-state index is 11.6. The highest BCUT2D eigenvalue weighted by molar-refractivity contribution is 7.99. The number of ether oxygens (including phenoxy) is 1. The molecule has 19 heavy (non-hydrogen) atoms. The highest BCUT2D eigenvalue weighted by Gasteiger charge is 2.02. The number of amides is 1. The molecule has 0 spiro atoms. The Morgan fingerprint density at radius 3 is 2.84 bits per heavy atom. The predicted octanol–water partition coefficient (Wildman–Crippen LogP) is 1.14. The average molecular weight is 283 g/mol. The molecule has 0 saturated carbocycles. The number of carbonyl (C=O) groups excluding carboxylic acids is 1. The molecule has 0 atom stereocenters. The van der Waals surface area contributed by atoms with E-state index in [2.05, 4.69) is 10.3 Å². The lowest BCUT2D eigenvalue weighted by atomic mass is 10.3. The molecule has 0 aliphatic carbocycles. The Morgan fingerprint density at radius 1 is 1.47 bits per heavy atom. The molecule has 1 aromatic heterocycles. The molecule has 0 fully saturated rings. The van der Waals surface area contributed by atoms with Crippen molar-refractivity contribution in [2.75, 3.05) is 44.2 Å². The Morgan fingerprint density at radius 2 is 2.26 bits per heavy atom. The zero-order chi connectivity index (χ0) is 14.1. The number of hydrogen-bond acceptors (Lipinski definition) is 5. The minimum atomic E-state index is 0.0396. The van der Waals surface area contributed by atoms with Crippen LogP contribution < -0.4 is 10.2 Å². The SMILES string of the molecule is COCCSCC(=O)NCc1ccc(N(C)C)nc1. The number of hydrogen-bond donors (Lipinski definition) is 1. The van der Waals surface area contributed by atoms with Crippen molar-refractivity contribution in [1.82, 2.24) is 10.3 Å². The fraction of sp³-hybridized carbons (Fsp3) is 0.538. The van der Waals surface area contributed by atoms with Gasteiger partial charge in [0.15, 0.2) is 0 Å². The Hall–Kier alpha value is -1.27. The van der Waals surface area contributed by atoms with Crippen molar-refractivity contribution < 1.29 is 9.53 Å². The summed E-state index contributed by atoms with van der Waals surface area (Å²) in [5.74, 6) is 2.25. The molecule has 0 unspecified atom stereocenters. The normalized spacial score (nSPS) is 10.3. The summed E-state index contributed by atoms with van der Waals surface area (Å²) in [6.07, 6.45) is 1.79. The largest absolute Gasteiger partial charge is 0.384 e. The van der Waals surface area contributed by atoms with Crippen LogP contribution >= 0.6 is 11.8 Å². The van der Waals surface area contributed by atoms with Gasteiger partial charge in [-0.1, -0.05) is 6.07 Å². The molecule has 106 valence electrons. The van der Waals surface area contributed by atoms with Gasteiger partial charge in [0.25, 0.3) is 0 Å². The Kier molecular flexibility index (Phi) is 7.28. The fourth-order valence-electron chi connectivity index (χ4n) is 1.34. The summed E-state index contributed by atoms with van der Waals surface area (Å²) in [6.45, 7) is 1.19. The molecular weight excluding hydrogens is 262 g/mol. The summed E-state index contributed by atoms with van der Waals surface area (Å²) in [6, 6.07) is 3.91. The molecule has 1 aromatic rings. The Bertz CT molecular complexity index is 382. The third kappa shape index (κ3) is 6.45. The molecule has 0 saturated heterocycles. The minimum Gasteiger partial charge on any atom is -0.384 e. The second-order valence-electron chi connectivity index (χ2n) is 4.24. The van der Waals surface area contributed by atoms with Crippen LogP contribution in [0.5, 0.6) is 0 Å². The minimum absolute atomic E-state index is 0.0396. The molecule has 5 nitrogen and oxygen atoms in total. The molecule has 0 bridgehead atoms. The third-order valence-electron chi connectivity index (χ3n) is 2.42. The van der Waals surface area contributed by atoms with Gasteiger partial charge in [-0.15, -0.1) is 11.8 Å². The predicted molar refractivity (Wildman–Crippen MR) is 79.6 cm³/mol. The zero-order valence-corrected chi connectivity index (χ0v) is 12.5. The van der Waals surface area contributed by atoms with Gasteiger partial charge in [0.2, 0.25) is 5.91 Å². The van der Waals surface area contributed by atoms with Gasteiger partial charge < -0.3 is 15.0 Å². The summed E-state index contributed by atoms with van der Waals surface area (Å²) in [7, 11) is 5.55. The third-order valence-corrected chi connectivity index (χ3v) is 3.34. The number of anilines is 1. The van der Waals surface area contributed by atoms with E-state index in [-0.39, 0.29) is 5.91 Å². The van der Waals surface area contributed by atoms with Gasteiger partial charge >= 0.3 is 0 Å². The van der Waals surface area contributed by atoms with E-state index in [0.717, 1.165) is 17.1 Å². The van der Waals surface area contributed by atoms with E-state index >= 15 is 0 Å². The van der Waals surface area contributed by atoms with Gasteiger partial charge in [-0.05, 0) is 11.6 Å². The van der Waals surface area contributed by atoms with Crippen molar-refractivity contribution in [3.05, 3.63) is 23.9 Å². The summed E-state index contributed by atoms with van der Waals surface area (Å²) >= 11 is 1.57. The fourth-order valence-corrected chi connectivity index (χ4v) is 2.06. The van der Waals surface area contributed by atoms with Crippen molar-refractivity contribution in [3.8, 4) is 0 Å². The van der Waals surface area contributed by atoms with Crippen LogP contribution in [0, 0.1) is 0 Å². The second kappa shape index (κ2) is 8.77. The maximum Gasteiger partial charge on any atom is 0.230 e. The molecule has 6 heteroatoms. The molecule has 1 rings (SSSR count). The first-order valence-corrected chi connectivity index (χ1v) is 7.24. The van der Waals surface area contributed by atoms with E-state index in [1.165, 1.54) is 0 Å². The van der Waals surface area contributed by atoms with Crippen LogP contribution in [0.25, 0.3) is 0 Å². The van der Waals surface area contributed by atoms with E-state index in [1.54, 1.807) is 25.1 Å². The van der Waals surface area contributed by atoms with Crippen LogP contribution in [-0.2, 0) is 16.1 Å². The van der Waals surface area contributed by atoms with Gasteiger partial charge in [0, 0.05) is 39.7 Å². The molecule has 1 N–H and O–H groups in total. The van der Waals surface area contributed by atoms with Crippen LogP contribution in [0.2, 0.25) is 0 Å². The monoisotopic (exact) mass is 283 g/mol. The van der Waals surface area contributed by atoms with E-state index < -0.39 is 0 Å². The molecule has 1 heterocycles. The topological polar surface area (TPSA) is 54.5 Å². The van der Waals surface area contributed by atoms with E-state index in [1.807, 2.05) is 31.1 Å². The first kappa shape index (κ1) is 15.8. The van der Waals surface area contributed by atoms with Crippen LogP contribution in [0.4, 0.5) is 5.82 Å². The number of nitrogens with zero attached hydrogens (tertiary/aromatic N) is 2. The first-order chi connectivity index (χ1) is 9.13. The lowest BCUT2D eigenvalue weighted by molar-refractivity contribution is -0.118. The van der Waals surface area contributed by atoms with Gasteiger partial charge in [0.1, 0.15) is 5.82 Å². The van der Waals surface area contributed by atoms with E-state index in [4.69, 9.17) is 4.74 Å². The van der Waals surface area contributed by atoms with Crippen molar-refractivity contribution >= 4 is 23.5 Å². The standard InChI is InChI=1S/C13H21N3O2S/c1-16(2)12-5-4-11(8-14-12)9-15-13(17)10-19-7-6-18-3/h4-5,8H,6-7,9-10H2,1-3H3,(H,15,17). The zero-order valence-electron chi connectivity index (χ0n) is 11.7. The Balaban J connectivity index is 2.26. The highest BCUT2D eigenvalue weighted by Crippen LogP contribution is 2.07. The molecule has 0 aromatic carbocycles. The van der Waals surface area contributed by atoms with E-state index in [0.29, 0.717) is 18.9 Å². The van der Waals surface area contributed by atoms with Crippen molar-refractivity contribution in [2.24, 2.45) is 0 Å². The van der Waals surface area contributed by atoms with Gasteiger partial charge in [-0.2, -0.15) is 0 Å². The Labute approximate surface area is 118 Å². The number of thioether (sulfide) groups is 1. The molecular formula is C13H21N3O2S. The quantitative estimate of drug-likeness (QED) is 0.725. The lowest BCUT2D eigenvalue weighted by Gasteiger charge is -2.11. The summed E-state index contributed by atoms with van der Waals surface area (Å²) in [4.78, 5) is 17.8. The van der Waals surface area contributed by atoms with Gasteiger partial charge in [0.05, 0.1) is 12.4 Å². The van der Waals surface area contributed by atoms with Crippen LogP contribution in [0.1, 0.15) is 5.56 Å². The number of nitrogens with one attached hydrogen (secondary N) is 1. The summed E-state index contributed by atoms with van der Waals surface area (Å²) in [5, 5.41) is 2.87. The van der Waals surface area contributed by atoms with Crippen LogP contribution in [-0.4, -0.2) is 50.2 Å². The summed E-state index contributed by atoms with van der Waals surface area (Å²) in [5.41, 5.74) is 1.00. The van der Waals surface area contributed by atoms with Crippen LogP contribution in [0.15, 0.2) is 18.3 Å². The number of aromatic nitrogens is 1. The van der Waals surface area contributed by atoms with Crippen molar-refractivity contribution in [1.29, 1.82) is 0 Å². The van der Waals surface area contributed by atoms with Gasteiger partial charge in [-0.25, -0.2) is 4.98 Å². The van der Waals surface area contributed by atoms with Crippen molar-refractivity contribution in [2.45, 2.75) is 6.54 Å². The number of methoxy groups -OCH3 is 1.